The van der Waals surface area contributed by atoms with Gasteiger partial charge in [0.2, 0.25) is 11.1 Å². The van der Waals surface area contributed by atoms with Gasteiger partial charge in [0.25, 0.3) is 0 Å². The van der Waals surface area contributed by atoms with Crippen LogP contribution < -0.4 is 5.32 Å². The van der Waals surface area contributed by atoms with Crippen LogP contribution in [0.15, 0.2) is 35.5 Å². The van der Waals surface area contributed by atoms with Crippen LogP contribution in [-0.4, -0.2) is 44.4 Å². The van der Waals surface area contributed by atoms with Crippen LogP contribution in [0.25, 0.3) is 11.1 Å². The summed E-state index contributed by atoms with van der Waals surface area (Å²) in [5.41, 5.74) is 1.61. The highest BCUT2D eigenvalue weighted by molar-refractivity contribution is 7.99. The second-order valence-electron chi connectivity index (χ2n) is 7.22. The van der Waals surface area contributed by atoms with E-state index in [0.29, 0.717) is 20.1 Å². The first kappa shape index (κ1) is 22.8. The monoisotopic (exact) mass is 491 g/mol. The average molecular weight is 492 g/mol. The van der Waals surface area contributed by atoms with Crippen LogP contribution >= 0.6 is 34.7 Å². The molecule has 1 N–H and O–H groups in total. The molecule has 0 atom stereocenters. The first-order chi connectivity index (χ1) is 15.6. The number of hydrogen-bond acceptors (Lipinski definition) is 8. The van der Waals surface area contributed by atoms with Gasteiger partial charge in [0, 0.05) is 5.56 Å². The zero-order valence-electron chi connectivity index (χ0n) is 17.4. The number of benzene rings is 1. The molecule has 1 amide bonds. The van der Waals surface area contributed by atoms with Crippen LogP contribution in [0.4, 0.5) is 5.00 Å². The molecule has 1 aliphatic carbocycles. The number of halogens is 1. The second-order valence-corrected chi connectivity index (χ2v) is 9.79. The largest absolute Gasteiger partial charge is 0.462 e. The normalized spacial score (nSPS) is 13.9. The molecule has 0 unspecified atom stereocenters. The van der Waals surface area contributed by atoms with Gasteiger partial charge >= 0.3 is 5.97 Å². The summed E-state index contributed by atoms with van der Waals surface area (Å²) < 4.78 is 7.46. The summed E-state index contributed by atoms with van der Waals surface area (Å²) in [5, 5.41) is 15.7. The van der Waals surface area contributed by atoms with E-state index in [4.69, 9.17) is 16.3 Å². The molecule has 4 rings (SSSR count). The summed E-state index contributed by atoms with van der Waals surface area (Å²) in [6.45, 7) is 1.95. The third-order valence-corrected chi connectivity index (χ3v) is 7.37. The van der Waals surface area contributed by atoms with E-state index in [-0.39, 0.29) is 29.9 Å². The van der Waals surface area contributed by atoms with Crippen molar-refractivity contribution in [3.8, 4) is 11.1 Å². The van der Waals surface area contributed by atoms with Crippen molar-refractivity contribution in [2.45, 2.75) is 43.8 Å². The number of aromatic nitrogens is 4. The molecule has 3 aromatic rings. The first-order valence-electron chi connectivity index (χ1n) is 10.3. The fraction of sp³-hybridized carbons (Fsp3) is 0.381. The van der Waals surface area contributed by atoms with E-state index in [0.717, 1.165) is 42.6 Å². The number of rotatable bonds is 8. The van der Waals surface area contributed by atoms with Gasteiger partial charge in [-0.2, -0.15) is 0 Å². The molecular formula is C21H22ClN5O3S2. The lowest BCUT2D eigenvalue weighted by Gasteiger charge is -2.11. The Morgan fingerprint density at radius 3 is 2.75 bits per heavy atom. The topological polar surface area (TPSA) is 99.0 Å². The molecule has 0 spiro atoms. The van der Waals surface area contributed by atoms with E-state index in [1.807, 2.05) is 35.0 Å². The molecule has 168 valence electrons. The summed E-state index contributed by atoms with van der Waals surface area (Å²) in [4.78, 5) is 25.5. The Labute approximate surface area is 198 Å². The van der Waals surface area contributed by atoms with Crippen molar-refractivity contribution < 1.29 is 14.3 Å². The van der Waals surface area contributed by atoms with Crippen molar-refractivity contribution in [2.75, 3.05) is 17.7 Å². The van der Waals surface area contributed by atoms with Gasteiger partial charge in [-0.3, -0.25) is 4.79 Å². The Kier molecular flexibility index (Phi) is 7.44. The van der Waals surface area contributed by atoms with Crippen LogP contribution in [0.5, 0.6) is 0 Å². The van der Waals surface area contributed by atoms with Gasteiger partial charge in [-0.1, -0.05) is 66.5 Å². The number of esters is 1. The Bertz CT molecular complexity index is 1100. The SMILES string of the molecule is CCOC(=O)c1c(NC(=O)CSc2nnnn2C2CCCC2)sc(Cl)c1-c1ccccc1. The van der Waals surface area contributed by atoms with Crippen LogP contribution in [0, 0.1) is 0 Å². The van der Waals surface area contributed by atoms with Crippen LogP contribution in [-0.2, 0) is 9.53 Å². The minimum Gasteiger partial charge on any atom is -0.462 e. The molecule has 0 aliphatic heterocycles. The van der Waals surface area contributed by atoms with Crippen molar-refractivity contribution >= 4 is 51.6 Å². The third kappa shape index (κ3) is 4.97. The van der Waals surface area contributed by atoms with E-state index in [1.54, 1.807) is 6.92 Å². The van der Waals surface area contributed by atoms with E-state index in [2.05, 4.69) is 20.8 Å². The number of ether oxygens (including phenoxy) is 1. The van der Waals surface area contributed by atoms with Crippen molar-refractivity contribution in [2.24, 2.45) is 0 Å². The minimum absolute atomic E-state index is 0.103. The van der Waals surface area contributed by atoms with Crippen molar-refractivity contribution in [1.29, 1.82) is 0 Å². The number of nitrogens with zero attached hydrogens (tertiary/aromatic N) is 4. The number of thioether (sulfide) groups is 1. The van der Waals surface area contributed by atoms with Gasteiger partial charge in [-0.25, -0.2) is 9.48 Å². The maximum atomic E-state index is 12.7. The molecular weight excluding hydrogens is 470 g/mol. The summed E-state index contributed by atoms with van der Waals surface area (Å²) in [6.07, 6.45) is 4.41. The van der Waals surface area contributed by atoms with E-state index in [9.17, 15) is 9.59 Å². The molecule has 1 aliphatic rings. The number of amides is 1. The number of thiophene rings is 1. The molecule has 0 radical (unpaired) electrons. The minimum atomic E-state index is -0.525. The van der Waals surface area contributed by atoms with E-state index >= 15 is 0 Å². The predicted octanol–water partition coefficient (Wildman–Crippen LogP) is 5.08. The van der Waals surface area contributed by atoms with Crippen LogP contribution in [0.1, 0.15) is 49.0 Å². The maximum absolute atomic E-state index is 12.7. The number of tetrazole rings is 1. The number of hydrogen-bond donors (Lipinski definition) is 1. The highest BCUT2D eigenvalue weighted by Gasteiger charge is 2.27. The van der Waals surface area contributed by atoms with Gasteiger partial charge in [0.05, 0.1) is 18.4 Å². The van der Waals surface area contributed by atoms with Gasteiger partial charge in [0.1, 0.15) is 14.9 Å². The number of carbonyl (C=O) groups is 2. The predicted molar refractivity (Wildman–Crippen MR) is 125 cm³/mol. The van der Waals surface area contributed by atoms with Gasteiger partial charge in [-0.15, -0.1) is 16.4 Å². The first-order valence-corrected chi connectivity index (χ1v) is 12.5. The Morgan fingerprint density at radius 2 is 2.03 bits per heavy atom. The average Bonchev–Trinajstić information content (AvgIpc) is 3.53. The molecule has 1 fully saturated rings. The Morgan fingerprint density at radius 1 is 1.28 bits per heavy atom. The standard InChI is InChI=1S/C21H22ClN5O3S2/c1-2-30-20(29)17-16(13-8-4-3-5-9-13)18(22)32-19(17)23-15(28)12-31-21-24-25-26-27(21)14-10-6-7-11-14/h3-5,8-9,14H,2,6-7,10-12H2,1H3,(H,23,28). The fourth-order valence-electron chi connectivity index (χ4n) is 3.70. The molecule has 2 aromatic heterocycles. The quantitative estimate of drug-likeness (QED) is 0.346. The highest BCUT2D eigenvalue weighted by atomic mass is 35.5. The molecule has 0 bridgehead atoms. The number of nitrogens with one attached hydrogen (secondary N) is 1. The number of carbonyl (C=O) groups excluding carboxylic acids is 2. The zero-order valence-corrected chi connectivity index (χ0v) is 19.8. The van der Waals surface area contributed by atoms with Crippen molar-refractivity contribution in [1.82, 2.24) is 20.2 Å². The summed E-state index contributed by atoms with van der Waals surface area (Å²) in [7, 11) is 0. The van der Waals surface area contributed by atoms with E-state index in [1.165, 1.54) is 11.8 Å². The van der Waals surface area contributed by atoms with Crippen molar-refractivity contribution in [3.63, 3.8) is 0 Å². The molecule has 8 nitrogen and oxygen atoms in total. The summed E-state index contributed by atoms with van der Waals surface area (Å²) in [6, 6.07) is 9.62. The lowest BCUT2D eigenvalue weighted by Crippen LogP contribution is -2.17. The Hall–Kier alpha value is -2.43. The molecule has 2 heterocycles. The molecule has 0 saturated heterocycles. The summed E-state index contributed by atoms with van der Waals surface area (Å²) in [5.74, 6) is -0.701. The molecule has 11 heteroatoms. The van der Waals surface area contributed by atoms with Crippen LogP contribution in [0.2, 0.25) is 4.34 Å². The smallest absolute Gasteiger partial charge is 0.341 e. The third-order valence-electron chi connectivity index (χ3n) is 5.13. The lowest BCUT2D eigenvalue weighted by molar-refractivity contribution is -0.113. The fourth-order valence-corrected chi connectivity index (χ4v) is 5.84. The Balaban J connectivity index is 1.52. The van der Waals surface area contributed by atoms with Gasteiger partial charge in [-0.05, 0) is 35.8 Å². The highest BCUT2D eigenvalue weighted by Crippen LogP contribution is 2.44. The van der Waals surface area contributed by atoms with Crippen molar-refractivity contribution in [3.05, 3.63) is 40.2 Å². The second kappa shape index (κ2) is 10.5. The van der Waals surface area contributed by atoms with Gasteiger partial charge in [0.15, 0.2) is 0 Å². The zero-order chi connectivity index (χ0) is 22.5. The molecule has 1 aromatic carbocycles. The summed E-state index contributed by atoms with van der Waals surface area (Å²) >= 11 is 8.90. The van der Waals surface area contributed by atoms with Crippen LogP contribution in [0.3, 0.4) is 0 Å². The van der Waals surface area contributed by atoms with Gasteiger partial charge < -0.3 is 10.1 Å². The molecule has 1 saturated carbocycles. The molecule has 32 heavy (non-hydrogen) atoms. The van der Waals surface area contributed by atoms with E-state index < -0.39 is 5.97 Å². The maximum Gasteiger partial charge on any atom is 0.341 e. The number of anilines is 1. The lowest BCUT2D eigenvalue weighted by atomic mass is 10.0.